The van der Waals surface area contributed by atoms with Gasteiger partial charge >= 0.3 is 0 Å². The van der Waals surface area contributed by atoms with Crippen molar-refractivity contribution in [2.75, 3.05) is 27.2 Å². The highest BCUT2D eigenvalue weighted by molar-refractivity contribution is 5.18. The summed E-state index contributed by atoms with van der Waals surface area (Å²) >= 11 is 0. The summed E-state index contributed by atoms with van der Waals surface area (Å²) in [5, 5.41) is 3.42. The maximum absolute atomic E-state index is 5.65. The lowest BCUT2D eigenvalue weighted by Crippen LogP contribution is -2.38. The number of hydrogen-bond donors (Lipinski definition) is 1. The van der Waals surface area contributed by atoms with Gasteiger partial charge in [-0.2, -0.15) is 0 Å². The van der Waals surface area contributed by atoms with Crippen molar-refractivity contribution in [3.63, 3.8) is 0 Å². The molecule has 3 atom stereocenters. The smallest absolute Gasteiger partial charge is 0.0702 e. The topological polar surface area (TPSA) is 24.5 Å². The van der Waals surface area contributed by atoms with Gasteiger partial charge in [0.25, 0.3) is 0 Å². The van der Waals surface area contributed by atoms with Crippen molar-refractivity contribution in [1.82, 2.24) is 10.2 Å². The molecule has 0 aromatic heterocycles. The fraction of sp³-hybridized carbons (Fsp3) is 0.625. The van der Waals surface area contributed by atoms with E-state index >= 15 is 0 Å². The van der Waals surface area contributed by atoms with Gasteiger partial charge in [-0.05, 0) is 39.4 Å². The molecule has 3 nitrogen and oxygen atoms in total. The van der Waals surface area contributed by atoms with Crippen molar-refractivity contribution in [3.05, 3.63) is 35.9 Å². The molecule has 1 aromatic rings. The first kappa shape index (κ1) is 14.5. The van der Waals surface area contributed by atoms with Crippen molar-refractivity contribution in [1.29, 1.82) is 0 Å². The SMILES string of the molecule is CNC(CCN(C)C1CCOC1C)c1ccccc1. The Kier molecular flexibility index (Phi) is 5.37. The molecule has 1 aliphatic rings. The molecule has 0 amide bonds. The molecule has 3 unspecified atom stereocenters. The first-order valence-corrected chi connectivity index (χ1v) is 7.26. The van der Waals surface area contributed by atoms with E-state index in [1.807, 2.05) is 7.05 Å². The highest BCUT2D eigenvalue weighted by Gasteiger charge is 2.27. The van der Waals surface area contributed by atoms with E-state index in [-0.39, 0.29) is 0 Å². The molecule has 0 saturated carbocycles. The molecular formula is C16H26N2O. The van der Waals surface area contributed by atoms with Crippen LogP contribution >= 0.6 is 0 Å². The molecule has 1 saturated heterocycles. The third-order valence-corrected chi connectivity index (χ3v) is 4.22. The van der Waals surface area contributed by atoms with E-state index in [9.17, 15) is 0 Å². The number of likely N-dealkylation sites (N-methyl/N-ethyl adjacent to an activating group) is 1. The largest absolute Gasteiger partial charge is 0.377 e. The Bertz CT molecular complexity index is 368. The summed E-state index contributed by atoms with van der Waals surface area (Å²) in [4.78, 5) is 2.45. The zero-order valence-corrected chi connectivity index (χ0v) is 12.3. The Labute approximate surface area is 116 Å². The Balaban J connectivity index is 1.86. The second kappa shape index (κ2) is 7.04. The Morgan fingerprint density at radius 1 is 1.37 bits per heavy atom. The van der Waals surface area contributed by atoms with Gasteiger partial charge in [0, 0.05) is 25.2 Å². The fourth-order valence-electron chi connectivity index (χ4n) is 2.96. The molecule has 2 rings (SSSR count). The molecule has 1 heterocycles. The van der Waals surface area contributed by atoms with Crippen LogP contribution in [0.15, 0.2) is 30.3 Å². The normalized spacial score (nSPS) is 24.8. The summed E-state index contributed by atoms with van der Waals surface area (Å²) in [5.74, 6) is 0. The highest BCUT2D eigenvalue weighted by atomic mass is 16.5. The summed E-state index contributed by atoms with van der Waals surface area (Å²) in [5.41, 5.74) is 1.37. The minimum Gasteiger partial charge on any atom is -0.377 e. The molecular weight excluding hydrogens is 236 g/mol. The van der Waals surface area contributed by atoms with Gasteiger partial charge in [-0.1, -0.05) is 30.3 Å². The summed E-state index contributed by atoms with van der Waals surface area (Å²) in [6.07, 6.45) is 2.66. The van der Waals surface area contributed by atoms with Crippen molar-refractivity contribution < 1.29 is 4.74 Å². The van der Waals surface area contributed by atoms with E-state index < -0.39 is 0 Å². The number of nitrogens with one attached hydrogen (secondary N) is 1. The monoisotopic (exact) mass is 262 g/mol. The lowest BCUT2D eigenvalue weighted by molar-refractivity contribution is 0.0824. The molecule has 0 bridgehead atoms. The van der Waals surface area contributed by atoms with Crippen molar-refractivity contribution >= 4 is 0 Å². The third-order valence-electron chi connectivity index (χ3n) is 4.22. The quantitative estimate of drug-likeness (QED) is 0.852. The minimum absolute atomic E-state index is 0.370. The van der Waals surface area contributed by atoms with Gasteiger partial charge in [-0.15, -0.1) is 0 Å². The van der Waals surface area contributed by atoms with Gasteiger partial charge in [-0.3, -0.25) is 0 Å². The first-order valence-electron chi connectivity index (χ1n) is 7.26. The number of ether oxygens (including phenoxy) is 1. The summed E-state index contributed by atoms with van der Waals surface area (Å²) < 4.78 is 5.65. The van der Waals surface area contributed by atoms with E-state index in [2.05, 4.69) is 54.5 Å². The van der Waals surface area contributed by atoms with Gasteiger partial charge in [-0.25, -0.2) is 0 Å². The van der Waals surface area contributed by atoms with Crippen LogP contribution in [0.2, 0.25) is 0 Å². The molecule has 0 spiro atoms. The van der Waals surface area contributed by atoms with Crippen LogP contribution < -0.4 is 5.32 Å². The number of rotatable bonds is 6. The lowest BCUT2D eigenvalue weighted by atomic mass is 10.0. The maximum Gasteiger partial charge on any atom is 0.0702 e. The molecule has 1 fully saturated rings. The Morgan fingerprint density at radius 2 is 2.11 bits per heavy atom. The van der Waals surface area contributed by atoms with Crippen molar-refractivity contribution in [2.45, 2.75) is 38.0 Å². The highest BCUT2D eigenvalue weighted by Crippen LogP contribution is 2.21. The van der Waals surface area contributed by atoms with Crippen LogP contribution in [0.25, 0.3) is 0 Å². The molecule has 1 aliphatic heterocycles. The molecule has 19 heavy (non-hydrogen) atoms. The predicted molar refractivity (Wildman–Crippen MR) is 79.3 cm³/mol. The summed E-state index contributed by atoms with van der Waals surface area (Å²) in [6, 6.07) is 11.7. The molecule has 0 radical (unpaired) electrons. The van der Waals surface area contributed by atoms with E-state index in [1.165, 1.54) is 5.56 Å². The van der Waals surface area contributed by atoms with Gasteiger partial charge in [0.15, 0.2) is 0 Å². The van der Waals surface area contributed by atoms with E-state index in [0.717, 1.165) is 26.0 Å². The second-order valence-electron chi connectivity index (χ2n) is 5.45. The van der Waals surface area contributed by atoms with Crippen LogP contribution in [0.5, 0.6) is 0 Å². The summed E-state index contributed by atoms with van der Waals surface area (Å²) in [6.45, 7) is 4.18. The molecule has 0 aliphatic carbocycles. The van der Waals surface area contributed by atoms with Gasteiger partial charge < -0.3 is 15.0 Å². The van der Waals surface area contributed by atoms with Crippen LogP contribution in [-0.4, -0.2) is 44.3 Å². The van der Waals surface area contributed by atoms with Crippen LogP contribution in [-0.2, 0) is 4.74 Å². The lowest BCUT2D eigenvalue weighted by Gasteiger charge is -2.28. The fourth-order valence-corrected chi connectivity index (χ4v) is 2.96. The Morgan fingerprint density at radius 3 is 2.68 bits per heavy atom. The van der Waals surface area contributed by atoms with Gasteiger partial charge in [0.05, 0.1) is 6.10 Å². The van der Waals surface area contributed by atoms with Crippen LogP contribution in [0.3, 0.4) is 0 Å². The summed E-state index contributed by atoms with van der Waals surface area (Å²) in [7, 11) is 4.26. The first-order chi connectivity index (χ1) is 9.22. The van der Waals surface area contributed by atoms with Crippen molar-refractivity contribution in [2.24, 2.45) is 0 Å². The zero-order chi connectivity index (χ0) is 13.7. The van der Waals surface area contributed by atoms with Crippen LogP contribution in [0, 0.1) is 0 Å². The standard InChI is InChI=1S/C16H26N2O/c1-13-16(10-12-19-13)18(3)11-9-15(17-2)14-7-5-4-6-8-14/h4-8,13,15-17H,9-12H2,1-3H3. The van der Waals surface area contributed by atoms with E-state index in [1.54, 1.807) is 0 Å². The van der Waals surface area contributed by atoms with Crippen molar-refractivity contribution in [3.8, 4) is 0 Å². The van der Waals surface area contributed by atoms with Gasteiger partial charge in [0.2, 0.25) is 0 Å². The van der Waals surface area contributed by atoms with E-state index in [0.29, 0.717) is 18.2 Å². The maximum atomic E-state index is 5.65. The van der Waals surface area contributed by atoms with Gasteiger partial charge in [0.1, 0.15) is 0 Å². The third kappa shape index (κ3) is 3.78. The average molecular weight is 262 g/mol. The predicted octanol–water partition coefficient (Wildman–Crippen LogP) is 2.45. The van der Waals surface area contributed by atoms with E-state index in [4.69, 9.17) is 4.74 Å². The second-order valence-corrected chi connectivity index (χ2v) is 5.45. The number of hydrogen-bond acceptors (Lipinski definition) is 3. The zero-order valence-electron chi connectivity index (χ0n) is 12.3. The minimum atomic E-state index is 0.370. The number of nitrogens with zero attached hydrogens (tertiary/aromatic N) is 1. The molecule has 1 N–H and O–H groups in total. The molecule has 3 heteroatoms. The Hall–Kier alpha value is -0.900. The average Bonchev–Trinajstić information content (AvgIpc) is 2.87. The molecule has 1 aromatic carbocycles. The molecule has 106 valence electrons. The van der Waals surface area contributed by atoms with Crippen LogP contribution in [0.1, 0.15) is 31.4 Å². The number of benzene rings is 1. The van der Waals surface area contributed by atoms with Crippen LogP contribution in [0.4, 0.5) is 0 Å².